The highest BCUT2D eigenvalue weighted by Crippen LogP contribution is 2.21. The quantitative estimate of drug-likeness (QED) is 0.916. The van der Waals surface area contributed by atoms with Crippen LogP contribution in [-0.2, 0) is 4.79 Å². The number of carbonyl (C=O) groups excluding carboxylic acids is 1. The second-order valence-corrected chi connectivity index (χ2v) is 7.16. The number of aromatic nitrogens is 1. The lowest BCUT2D eigenvalue weighted by Gasteiger charge is -2.23. The highest BCUT2D eigenvalue weighted by atomic mass is 16.2. The molecule has 134 valence electrons. The zero-order chi connectivity index (χ0) is 17.9. The van der Waals surface area contributed by atoms with E-state index in [0.29, 0.717) is 12.6 Å². The Labute approximate surface area is 153 Å². The van der Waals surface area contributed by atoms with Crippen LogP contribution in [0.2, 0.25) is 0 Å². The van der Waals surface area contributed by atoms with E-state index in [1.165, 1.54) is 0 Å². The molecule has 2 saturated heterocycles. The third-order valence-electron chi connectivity index (χ3n) is 5.31. The van der Waals surface area contributed by atoms with Crippen LogP contribution < -0.4 is 5.32 Å². The van der Waals surface area contributed by atoms with Gasteiger partial charge in [0.05, 0.1) is 30.0 Å². The summed E-state index contributed by atoms with van der Waals surface area (Å²) in [5, 5.41) is 13.8. The first-order valence-corrected chi connectivity index (χ1v) is 9.26. The number of benzene rings is 1. The van der Waals surface area contributed by atoms with Crippen molar-refractivity contribution < 1.29 is 4.79 Å². The Hall–Kier alpha value is -2.65. The van der Waals surface area contributed by atoms with Gasteiger partial charge in [-0.25, -0.2) is 0 Å². The zero-order valence-electron chi connectivity index (χ0n) is 14.8. The minimum Gasteiger partial charge on any atom is -0.380 e. The van der Waals surface area contributed by atoms with Gasteiger partial charge in [-0.1, -0.05) is 18.2 Å². The topological polar surface area (TPSA) is 72.3 Å². The van der Waals surface area contributed by atoms with E-state index in [2.05, 4.69) is 33.4 Å². The first-order valence-electron chi connectivity index (χ1n) is 9.26. The molecule has 2 aliphatic heterocycles. The lowest BCUT2D eigenvalue weighted by Crippen LogP contribution is -2.42. The van der Waals surface area contributed by atoms with Crippen molar-refractivity contribution in [2.75, 3.05) is 31.5 Å². The average Bonchev–Trinajstić information content (AvgIpc) is 3.30. The van der Waals surface area contributed by atoms with Gasteiger partial charge in [-0.15, -0.1) is 0 Å². The van der Waals surface area contributed by atoms with Gasteiger partial charge in [-0.05, 0) is 31.4 Å². The molecule has 1 N–H and O–H groups in total. The highest BCUT2D eigenvalue weighted by Gasteiger charge is 2.31. The minimum atomic E-state index is -0.234. The molecule has 6 nitrogen and oxygen atoms in total. The molecule has 2 aromatic rings. The summed E-state index contributed by atoms with van der Waals surface area (Å²) in [5.41, 5.74) is 2.01. The molecule has 0 radical (unpaired) electrons. The van der Waals surface area contributed by atoms with Gasteiger partial charge in [0.1, 0.15) is 6.04 Å². The van der Waals surface area contributed by atoms with E-state index >= 15 is 0 Å². The molecule has 0 bridgehead atoms. The van der Waals surface area contributed by atoms with Crippen molar-refractivity contribution in [3.63, 3.8) is 0 Å². The normalized spacial score (nSPS) is 23.3. The van der Waals surface area contributed by atoms with Crippen LogP contribution in [0.3, 0.4) is 0 Å². The summed E-state index contributed by atoms with van der Waals surface area (Å²) >= 11 is 0. The maximum Gasteiger partial charge on any atom is 0.237 e. The SMILES string of the molecule is N#CC1CCCN1C(=O)CN1CCC(Nc2cnc3ccccc3c2)C1. The predicted molar refractivity (Wildman–Crippen MR) is 101 cm³/mol. The van der Waals surface area contributed by atoms with Gasteiger partial charge in [-0.2, -0.15) is 5.26 Å². The molecule has 4 rings (SSSR count). The molecule has 0 aliphatic carbocycles. The van der Waals surface area contributed by atoms with Gasteiger partial charge >= 0.3 is 0 Å². The predicted octanol–water partition coefficient (Wildman–Crippen LogP) is 2.24. The molecule has 6 heteroatoms. The van der Waals surface area contributed by atoms with E-state index in [0.717, 1.165) is 55.5 Å². The van der Waals surface area contributed by atoms with Gasteiger partial charge in [0.25, 0.3) is 0 Å². The summed E-state index contributed by atoms with van der Waals surface area (Å²) in [6.45, 7) is 2.86. The number of hydrogen-bond donors (Lipinski definition) is 1. The minimum absolute atomic E-state index is 0.0853. The van der Waals surface area contributed by atoms with Crippen molar-refractivity contribution in [2.45, 2.75) is 31.3 Å². The first-order chi connectivity index (χ1) is 12.7. The molecular formula is C20H23N5O. The lowest BCUT2D eigenvalue weighted by molar-refractivity contribution is -0.132. The summed E-state index contributed by atoms with van der Waals surface area (Å²) < 4.78 is 0. The second kappa shape index (κ2) is 7.30. The monoisotopic (exact) mass is 349 g/mol. The fourth-order valence-electron chi connectivity index (χ4n) is 3.96. The van der Waals surface area contributed by atoms with Crippen LogP contribution in [0.4, 0.5) is 5.69 Å². The summed E-state index contributed by atoms with van der Waals surface area (Å²) in [4.78, 5) is 20.9. The Morgan fingerprint density at radius 3 is 3.08 bits per heavy atom. The molecule has 1 aromatic carbocycles. The van der Waals surface area contributed by atoms with Gasteiger partial charge in [-0.3, -0.25) is 14.7 Å². The van der Waals surface area contributed by atoms with E-state index in [1.807, 2.05) is 24.4 Å². The van der Waals surface area contributed by atoms with Gasteiger partial charge in [0.15, 0.2) is 0 Å². The summed E-state index contributed by atoms with van der Waals surface area (Å²) in [7, 11) is 0. The molecular weight excluding hydrogens is 326 g/mol. The highest BCUT2D eigenvalue weighted by molar-refractivity contribution is 5.81. The Balaban J connectivity index is 1.33. The molecule has 2 atom stereocenters. The number of anilines is 1. The Morgan fingerprint density at radius 1 is 1.31 bits per heavy atom. The fraction of sp³-hybridized carbons (Fsp3) is 0.450. The van der Waals surface area contributed by atoms with E-state index in [4.69, 9.17) is 5.26 Å². The number of para-hydroxylation sites is 1. The second-order valence-electron chi connectivity index (χ2n) is 7.16. The van der Waals surface area contributed by atoms with E-state index < -0.39 is 0 Å². The van der Waals surface area contributed by atoms with Crippen molar-refractivity contribution in [1.82, 2.24) is 14.8 Å². The van der Waals surface area contributed by atoms with Crippen molar-refractivity contribution in [2.24, 2.45) is 0 Å². The molecule has 1 aromatic heterocycles. The summed E-state index contributed by atoms with van der Waals surface area (Å²) in [6, 6.07) is 12.5. The van der Waals surface area contributed by atoms with Crippen molar-refractivity contribution >= 4 is 22.5 Å². The number of hydrogen-bond acceptors (Lipinski definition) is 5. The Bertz CT molecular complexity index is 845. The molecule has 0 saturated carbocycles. The standard InChI is InChI=1S/C20H23N5O/c21-11-18-5-3-8-25(18)20(26)14-24-9-7-16(13-24)23-17-10-15-4-1-2-6-19(15)22-12-17/h1-2,4,6,10,12,16,18,23H,3,5,7-9,13-14H2. The zero-order valence-corrected chi connectivity index (χ0v) is 14.8. The van der Waals surface area contributed by atoms with Gasteiger partial charge in [0.2, 0.25) is 5.91 Å². The fourth-order valence-corrected chi connectivity index (χ4v) is 3.96. The molecule has 26 heavy (non-hydrogen) atoms. The largest absolute Gasteiger partial charge is 0.380 e. The Kier molecular flexibility index (Phi) is 4.72. The maximum atomic E-state index is 12.5. The summed E-state index contributed by atoms with van der Waals surface area (Å²) in [5.74, 6) is 0.0853. The van der Waals surface area contributed by atoms with Crippen LogP contribution in [0.25, 0.3) is 10.9 Å². The van der Waals surface area contributed by atoms with Crippen LogP contribution in [0, 0.1) is 11.3 Å². The Morgan fingerprint density at radius 2 is 2.19 bits per heavy atom. The number of pyridine rings is 1. The third-order valence-corrected chi connectivity index (χ3v) is 5.31. The van der Waals surface area contributed by atoms with Crippen LogP contribution in [-0.4, -0.2) is 59.0 Å². The molecule has 3 heterocycles. The van der Waals surface area contributed by atoms with Crippen LogP contribution in [0.15, 0.2) is 36.5 Å². The number of amides is 1. The van der Waals surface area contributed by atoms with Crippen LogP contribution >= 0.6 is 0 Å². The van der Waals surface area contributed by atoms with Gasteiger partial charge in [0, 0.05) is 31.1 Å². The number of fused-ring (bicyclic) bond motifs is 1. The molecule has 2 fully saturated rings. The number of carbonyl (C=O) groups is 1. The van der Waals surface area contributed by atoms with E-state index in [1.54, 1.807) is 4.90 Å². The van der Waals surface area contributed by atoms with E-state index in [9.17, 15) is 4.79 Å². The molecule has 1 amide bonds. The number of nitrogens with one attached hydrogen (secondary N) is 1. The first kappa shape index (κ1) is 16.8. The van der Waals surface area contributed by atoms with Crippen molar-refractivity contribution in [3.8, 4) is 6.07 Å². The molecule has 2 unspecified atom stereocenters. The van der Waals surface area contributed by atoms with Crippen LogP contribution in [0.5, 0.6) is 0 Å². The number of nitrogens with zero attached hydrogens (tertiary/aromatic N) is 4. The molecule has 2 aliphatic rings. The van der Waals surface area contributed by atoms with E-state index in [-0.39, 0.29) is 11.9 Å². The number of likely N-dealkylation sites (tertiary alicyclic amines) is 2. The van der Waals surface area contributed by atoms with Crippen molar-refractivity contribution in [1.29, 1.82) is 5.26 Å². The summed E-state index contributed by atoms with van der Waals surface area (Å²) in [6.07, 6.45) is 4.62. The molecule has 0 spiro atoms. The number of nitriles is 1. The average molecular weight is 349 g/mol. The third kappa shape index (κ3) is 3.49. The number of rotatable bonds is 4. The van der Waals surface area contributed by atoms with Gasteiger partial charge < -0.3 is 10.2 Å². The lowest BCUT2D eigenvalue weighted by atomic mass is 10.2. The smallest absolute Gasteiger partial charge is 0.237 e. The van der Waals surface area contributed by atoms with Crippen molar-refractivity contribution in [3.05, 3.63) is 36.5 Å². The van der Waals surface area contributed by atoms with Crippen LogP contribution in [0.1, 0.15) is 19.3 Å². The maximum absolute atomic E-state index is 12.5.